The molecule has 1 aliphatic rings. The maximum Gasteiger partial charge on any atom is 0.240 e. The topological polar surface area (TPSA) is 71.1 Å². The quantitative estimate of drug-likeness (QED) is 0.773. The van der Waals surface area contributed by atoms with Gasteiger partial charge in [0, 0.05) is 23.4 Å². The highest BCUT2D eigenvalue weighted by Gasteiger charge is 2.56. The Balaban J connectivity index is 1.64. The maximum absolute atomic E-state index is 12.6. The van der Waals surface area contributed by atoms with Gasteiger partial charge in [0.1, 0.15) is 5.41 Å². The average molecular weight is 388 g/mol. The van der Waals surface area contributed by atoms with Crippen LogP contribution in [0.2, 0.25) is 0 Å². The molecule has 0 saturated heterocycles. The minimum Gasteiger partial charge on any atom is -0.351 e. The highest BCUT2D eigenvalue weighted by Crippen LogP contribution is 2.47. The number of hydrogen-bond donors (Lipinski definition) is 2. The third kappa shape index (κ3) is 3.48. The molecule has 24 heavy (non-hydrogen) atoms. The number of carbonyl (C=O) groups excluding carboxylic acids is 2. The number of amides is 2. The Bertz CT molecular complexity index is 773. The Kier molecular flexibility index (Phi) is 4.66. The molecule has 1 fully saturated rings. The lowest BCUT2D eigenvalue weighted by molar-refractivity contribution is -0.134. The Hall–Kier alpha value is -2.21. The second-order valence-electron chi connectivity index (χ2n) is 6.06. The summed E-state index contributed by atoms with van der Waals surface area (Å²) in [7, 11) is 0. The first-order valence-electron chi connectivity index (χ1n) is 7.76. The molecule has 1 aliphatic carbocycles. The molecule has 0 radical (unpaired) electrons. The number of rotatable bonds is 5. The van der Waals surface area contributed by atoms with Crippen LogP contribution in [0, 0.1) is 12.3 Å². The molecule has 1 aromatic carbocycles. The van der Waals surface area contributed by atoms with E-state index in [2.05, 4.69) is 31.5 Å². The first-order chi connectivity index (χ1) is 11.5. The van der Waals surface area contributed by atoms with Gasteiger partial charge in [-0.2, -0.15) is 0 Å². The van der Waals surface area contributed by atoms with Crippen LogP contribution in [0.3, 0.4) is 0 Å². The standard InChI is InChI=1S/C18H18BrN3O2/c1-12-2-3-15(14(19)10-12)22-17(24)18(6-7-18)16(23)21-11-13-4-8-20-9-5-13/h2-5,8-10H,6-7,11H2,1H3,(H,21,23)(H,22,24). The van der Waals surface area contributed by atoms with Crippen LogP contribution in [-0.2, 0) is 16.1 Å². The van der Waals surface area contributed by atoms with Crippen molar-refractivity contribution in [2.75, 3.05) is 5.32 Å². The predicted molar refractivity (Wildman–Crippen MR) is 95.3 cm³/mol. The summed E-state index contributed by atoms with van der Waals surface area (Å²) in [5, 5.41) is 5.72. The summed E-state index contributed by atoms with van der Waals surface area (Å²) >= 11 is 3.44. The monoisotopic (exact) mass is 387 g/mol. The zero-order valence-electron chi connectivity index (χ0n) is 13.3. The molecule has 1 saturated carbocycles. The van der Waals surface area contributed by atoms with E-state index in [-0.39, 0.29) is 11.8 Å². The fourth-order valence-electron chi connectivity index (χ4n) is 2.50. The van der Waals surface area contributed by atoms with Crippen molar-refractivity contribution in [3.05, 3.63) is 58.3 Å². The van der Waals surface area contributed by atoms with Crippen LogP contribution in [-0.4, -0.2) is 16.8 Å². The fraction of sp³-hybridized carbons (Fsp3) is 0.278. The summed E-state index contributed by atoms with van der Waals surface area (Å²) in [5.41, 5.74) is 1.78. The van der Waals surface area contributed by atoms with Crippen LogP contribution >= 0.6 is 15.9 Å². The second kappa shape index (κ2) is 6.73. The number of carbonyl (C=O) groups is 2. The van der Waals surface area contributed by atoms with E-state index in [1.807, 2.05) is 37.3 Å². The summed E-state index contributed by atoms with van der Waals surface area (Å²) in [6, 6.07) is 9.36. The summed E-state index contributed by atoms with van der Waals surface area (Å²) in [6.07, 6.45) is 4.50. The van der Waals surface area contributed by atoms with Gasteiger partial charge in [-0.1, -0.05) is 6.07 Å². The molecule has 0 bridgehead atoms. The van der Waals surface area contributed by atoms with E-state index in [4.69, 9.17) is 0 Å². The summed E-state index contributed by atoms with van der Waals surface area (Å²) in [5.74, 6) is -0.473. The van der Waals surface area contributed by atoms with Crippen molar-refractivity contribution < 1.29 is 9.59 Å². The summed E-state index contributed by atoms with van der Waals surface area (Å²) in [6.45, 7) is 2.37. The smallest absolute Gasteiger partial charge is 0.240 e. The van der Waals surface area contributed by atoms with Gasteiger partial charge in [-0.3, -0.25) is 14.6 Å². The summed E-state index contributed by atoms with van der Waals surface area (Å²) < 4.78 is 0.809. The molecule has 1 heterocycles. The maximum atomic E-state index is 12.6. The number of halogens is 1. The van der Waals surface area contributed by atoms with Crippen LogP contribution in [0.1, 0.15) is 24.0 Å². The van der Waals surface area contributed by atoms with E-state index in [1.165, 1.54) is 0 Å². The lowest BCUT2D eigenvalue weighted by Gasteiger charge is -2.16. The SMILES string of the molecule is Cc1ccc(NC(=O)C2(C(=O)NCc3ccncc3)CC2)c(Br)c1. The molecular formula is C18H18BrN3O2. The van der Waals surface area contributed by atoms with E-state index in [0.717, 1.165) is 15.6 Å². The number of aryl methyl sites for hydroxylation is 1. The van der Waals surface area contributed by atoms with Gasteiger partial charge in [-0.05, 0) is 71.1 Å². The van der Waals surface area contributed by atoms with Crippen molar-refractivity contribution >= 4 is 33.4 Å². The number of aromatic nitrogens is 1. The highest BCUT2D eigenvalue weighted by molar-refractivity contribution is 9.10. The van der Waals surface area contributed by atoms with Gasteiger partial charge in [-0.15, -0.1) is 0 Å². The molecule has 0 spiro atoms. The fourth-order valence-corrected chi connectivity index (χ4v) is 3.09. The predicted octanol–water partition coefficient (Wildman–Crippen LogP) is 3.19. The lowest BCUT2D eigenvalue weighted by Crippen LogP contribution is -2.39. The Morgan fingerprint density at radius 3 is 2.50 bits per heavy atom. The normalized spacial score (nSPS) is 14.8. The van der Waals surface area contributed by atoms with Gasteiger partial charge in [-0.25, -0.2) is 0 Å². The molecule has 6 heteroatoms. The summed E-state index contributed by atoms with van der Waals surface area (Å²) in [4.78, 5) is 29.0. The van der Waals surface area contributed by atoms with Crippen molar-refractivity contribution in [1.82, 2.24) is 10.3 Å². The molecule has 0 atom stereocenters. The van der Waals surface area contributed by atoms with Crippen molar-refractivity contribution in [3.8, 4) is 0 Å². The van der Waals surface area contributed by atoms with Gasteiger partial charge >= 0.3 is 0 Å². The van der Waals surface area contributed by atoms with Gasteiger partial charge in [0.2, 0.25) is 11.8 Å². The van der Waals surface area contributed by atoms with Crippen molar-refractivity contribution in [2.24, 2.45) is 5.41 Å². The highest BCUT2D eigenvalue weighted by atomic mass is 79.9. The largest absolute Gasteiger partial charge is 0.351 e. The van der Waals surface area contributed by atoms with Crippen LogP contribution in [0.25, 0.3) is 0 Å². The van der Waals surface area contributed by atoms with Crippen LogP contribution in [0.4, 0.5) is 5.69 Å². The molecule has 1 aromatic heterocycles. The third-order valence-corrected chi connectivity index (χ3v) is 4.85. The molecule has 2 amide bonds. The van der Waals surface area contributed by atoms with Gasteiger partial charge in [0.15, 0.2) is 0 Å². The Morgan fingerprint density at radius 1 is 1.17 bits per heavy atom. The van der Waals surface area contributed by atoms with E-state index >= 15 is 0 Å². The first kappa shape index (κ1) is 16.6. The van der Waals surface area contributed by atoms with Gasteiger partial charge < -0.3 is 10.6 Å². The Morgan fingerprint density at radius 2 is 1.88 bits per heavy atom. The average Bonchev–Trinajstić information content (AvgIpc) is 3.38. The van der Waals surface area contributed by atoms with Gasteiger partial charge in [0.25, 0.3) is 0 Å². The third-order valence-electron chi connectivity index (χ3n) is 4.19. The lowest BCUT2D eigenvalue weighted by atomic mass is 10.0. The second-order valence-corrected chi connectivity index (χ2v) is 6.91. The zero-order chi connectivity index (χ0) is 17.2. The van der Waals surface area contributed by atoms with Crippen LogP contribution < -0.4 is 10.6 Å². The number of nitrogens with zero attached hydrogens (tertiary/aromatic N) is 1. The molecule has 2 N–H and O–H groups in total. The zero-order valence-corrected chi connectivity index (χ0v) is 14.9. The Labute approximate surface area is 149 Å². The van der Waals surface area contributed by atoms with E-state index in [1.54, 1.807) is 12.4 Å². The molecule has 0 unspecified atom stereocenters. The number of nitrogens with one attached hydrogen (secondary N) is 2. The van der Waals surface area contributed by atoms with Crippen molar-refractivity contribution in [1.29, 1.82) is 0 Å². The number of benzene rings is 1. The van der Waals surface area contributed by atoms with Crippen molar-refractivity contribution in [3.63, 3.8) is 0 Å². The van der Waals surface area contributed by atoms with E-state index in [9.17, 15) is 9.59 Å². The van der Waals surface area contributed by atoms with E-state index in [0.29, 0.717) is 25.1 Å². The number of hydrogen-bond acceptors (Lipinski definition) is 3. The minimum atomic E-state index is -0.947. The van der Waals surface area contributed by atoms with Gasteiger partial charge in [0.05, 0.1) is 5.69 Å². The van der Waals surface area contributed by atoms with Crippen molar-refractivity contribution in [2.45, 2.75) is 26.3 Å². The molecular weight excluding hydrogens is 370 g/mol. The molecule has 0 aliphatic heterocycles. The number of pyridine rings is 1. The molecule has 3 rings (SSSR count). The van der Waals surface area contributed by atoms with E-state index < -0.39 is 5.41 Å². The molecule has 2 aromatic rings. The minimum absolute atomic E-state index is 0.222. The molecule has 5 nitrogen and oxygen atoms in total. The number of anilines is 1. The first-order valence-corrected chi connectivity index (χ1v) is 8.55. The molecule has 124 valence electrons. The van der Waals surface area contributed by atoms with Crippen LogP contribution in [0.5, 0.6) is 0 Å². The van der Waals surface area contributed by atoms with Crippen LogP contribution in [0.15, 0.2) is 47.2 Å².